The molecule has 1 saturated carbocycles. The zero-order chi connectivity index (χ0) is 89.2. The van der Waals surface area contributed by atoms with E-state index in [-0.39, 0.29) is 11.4 Å². The van der Waals surface area contributed by atoms with Crippen LogP contribution < -0.4 is 22.8 Å². The summed E-state index contributed by atoms with van der Waals surface area (Å²) in [5, 5.41) is 12.1. The van der Waals surface area contributed by atoms with Crippen molar-refractivity contribution in [1.82, 2.24) is 0 Å². The molecule has 16 rings (SSSR count). The number of hydrogen-bond acceptors (Lipinski definition) is 0. The largest absolute Gasteiger partial charge is 0.311 e. The van der Waals surface area contributed by atoms with Crippen molar-refractivity contribution in [1.29, 1.82) is 0 Å². The van der Waals surface area contributed by atoms with Crippen molar-refractivity contribution in [3.63, 3.8) is 0 Å². The molecule has 0 amide bonds. The van der Waals surface area contributed by atoms with E-state index < -0.39 is 5.54 Å². The van der Waals surface area contributed by atoms with Crippen molar-refractivity contribution >= 4 is 53.9 Å². The molecule has 15 aromatic rings. The Labute approximate surface area is 734 Å². The molecular formula is C115H131FN7+5. The molecule has 0 radical (unpaired) electrons. The fraction of sp³-hybridized carbons (Fsp3) is 0.330. The molecule has 0 bridgehead atoms. The molecule has 5 aromatic heterocycles. The lowest BCUT2D eigenvalue weighted by atomic mass is 9.87. The van der Waals surface area contributed by atoms with Crippen LogP contribution in [0.3, 0.4) is 0 Å². The maximum Gasteiger partial charge on any atom is 0.252 e. The summed E-state index contributed by atoms with van der Waals surface area (Å²) in [5.74, 6) is 0.702. The molecular weight excluding hydrogens is 1500 g/mol. The molecule has 0 saturated heterocycles. The van der Waals surface area contributed by atoms with Crippen LogP contribution in [0.15, 0.2) is 213 Å². The lowest BCUT2D eigenvalue weighted by molar-refractivity contribution is -0.659. The van der Waals surface area contributed by atoms with E-state index in [9.17, 15) is 4.39 Å². The number of fused-ring (bicyclic) bond motifs is 5. The smallest absolute Gasteiger partial charge is 0.252 e. The summed E-state index contributed by atoms with van der Waals surface area (Å²) in [5.41, 5.74) is 37.0. The van der Waals surface area contributed by atoms with Crippen LogP contribution in [0, 0.1) is 134 Å². The summed E-state index contributed by atoms with van der Waals surface area (Å²) < 4.78 is 24.5. The van der Waals surface area contributed by atoms with E-state index in [2.05, 4.69) is 380 Å². The van der Waals surface area contributed by atoms with Crippen molar-refractivity contribution < 1.29 is 27.2 Å². The first kappa shape index (κ1) is 90.4. The molecule has 0 aliphatic heterocycles. The van der Waals surface area contributed by atoms with Crippen molar-refractivity contribution in [3.8, 4) is 56.3 Å². The summed E-state index contributed by atoms with van der Waals surface area (Å²) in [6.07, 6.45) is 19.7. The van der Waals surface area contributed by atoms with Crippen molar-refractivity contribution in [2.45, 2.75) is 208 Å². The number of rotatable bonds is 11. The van der Waals surface area contributed by atoms with Gasteiger partial charge in [0.25, 0.3) is 5.54 Å². The quantitative estimate of drug-likeness (QED) is 0.0912. The predicted molar refractivity (Wildman–Crippen MR) is 517 cm³/mol. The Morgan fingerprint density at radius 3 is 0.894 bits per heavy atom. The Morgan fingerprint density at radius 2 is 0.585 bits per heavy atom. The van der Waals surface area contributed by atoms with E-state index >= 15 is 0 Å². The summed E-state index contributed by atoms with van der Waals surface area (Å²) >= 11 is 0. The number of halogens is 1. The number of hydrogen-bond donors (Lipinski definition) is 0. The highest BCUT2D eigenvalue weighted by Crippen LogP contribution is 2.37. The van der Waals surface area contributed by atoms with E-state index in [1.165, 1.54) is 232 Å². The third-order valence-electron chi connectivity index (χ3n) is 25.7. The maximum atomic E-state index is 13.5. The molecule has 1 aliphatic rings. The van der Waals surface area contributed by atoms with Gasteiger partial charge in [-0.1, -0.05) is 147 Å². The second-order valence-corrected chi connectivity index (χ2v) is 38.5. The zero-order valence-electron chi connectivity index (χ0n) is 78.7. The average Bonchev–Trinajstić information content (AvgIpc) is 1.07. The molecule has 123 heavy (non-hydrogen) atoms. The van der Waals surface area contributed by atoms with Crippen LogP contribution in [0.25, 0.3) is 120 Å². The lowest BCUT2D eigenvalue weighted by Gasteiger charge is -2.18. The molecule has 628 valence electrons. The van der Waals surface area contributed by atoms with Gasteiger partial charge in [-0.15, -0.1) is 0 Å². The minimum atomic E-state index is -0.498. The lowest BCUT2D eigenvalue weighted by Crippen LogP contribution is -2.30. The number of aryl methyl sites for hydroxylation is 15. The third kappa shape index (κ3) is 21.3. The molecule has 5 heterocycles. The number of aromatic nitrogens is 5. The van der Waals surface area contributed by atoms with Crippen LogP contribution in [0.5, 0.6) is 0 Å². The summed E-state index contributed by atoms with van der Waals surface area (Å²) in [6.45, 7) is 62.3. The normalized spacial score (nSPS) is 12.3. The van der Waals surface area contributed by atoms with Gasteiger partial charge in [-0.2, -0.15) is 0 Å². The van der Waals surface area contributed by atoms with Crippen LogP contribution in [0.4, 0.5) is 4.39 Å². The van der Waals surface area contributed by atoms with Crippen molar-refractivity contribution in [3.05, 3.63) is 347 Å². The molecule has 0 unspecified atom stereocenters. The summed E-state index contributed by atoms with van der Waals surface area (Å²) in [7, 11) is 10.6. The van der Waals surface area contributed by atoms with Gasteiger partial charge in [-0.3, -0.25) is 0 Å². The van der Waals surface area contributed by atoms with Crippen molar-refractivity contribution in [2.24, 2.45) is 46.6 Å². The molecule has 1 fully saturated rings. The minimum Gasteiger partial charge on any atom is -0.311 e. The van der Waals surface area contributed by atoms with Crippen LogP contribution >= 0.6 is 0 Å². The van der Waals surface area contributed by atoms with Gasteiger partial charge in [-0.25, -0.2) is 40.4 Å². The second-order valence-electron chi connectivity index (χ2n) is 38.5. The second kappa shape index (κ2) is 37.1. The highest BCUT2D eigenvalue weighted by Gasteiger charge is 2.29. The first-order chi connectivity index (χ1) is 58.0. The maximum absolute atomic E-state index is 13.5. The number of benzene rings is 10. The summed E-state index contributed by atoms with van der Waals surface area (Å²) in [4.78, 5) is 7.53. The fourth-order valence-electron chi connectivity index (χ4n) is 18.2. The highest BCUT2D eigenvalue weighted by molar-refractivity contribution is 5.89. The topological polar surface area (TPSA) is 28.1 Å². The molecule has 7 nitrogen and oxygen atoms in total. The number of pyridine rings is 5. The number of nitrogens with zero attached hydrogens (tertiary/aromatic N) is 7. The van der Waals surface area contributed by atoms with Gasteiger partial charge < -0.3 is 9.69 Å². The van der Waals surface area contributed by atoms with Gasteiger partial charge in [0.15, 0.2) is 31.0 Å². The average molecular weight is 1630 g/mol. The van der Waals surface area contributed by atoms with E-state index in [0.29, 0.717) is 5.41 Å². The highest BCUT2D eigenvalue weighted by atomic mass is 19.1. The van der Waals surface area contributed by atoms with E-state index in [4.69, 9.17) is 13.1 Å². The van der Waals surface area contributed by atoms with E-state index in [1.54, 1.807) is 6.07 Å². The first-order valence-corrected chi connectivity index (χ1v) is 44.0. The summed E-state index contributed by atoms with van der Waals surface area (Å²) in [6, 6.07) is 65.7. The van der Waals surface area contributed by atoms with Crippen LogP contribution in [-0.2, 0) is 60.0 Å². The van der Waals surface area contributed by atoms with Gasteiger partial charge in [0, 0.05) is 118 Å². The Morgan fingerprint density at radius 1 is 0.309 bits per heavy atom. The zero-order valence-corrected chi connectivity index (χ0v) is 78.7. The molecule has 0 N–H and O–H groups in total. The van der Waals surface area contributed by atoms with Gasteiger partial charge in [0.2, 0.25) is 34.0 Å². The van der Waals surface area contributed by atoms with Gasteiger partial charge >= 0.3 is 0 Å². The standard InChI is InChI=1S/C25H30N.C24H27N2.C24H30N.C23H25N2.C19H19FN/c1-17-11-18(2)19(3)24(12-17)25-15-23-14-21(13-20-7-5-6-8-20)9-10-22(23)16-26(25)4;1-16-10-17(2)18(3)22(11-16)23-13-21-12-19(14-24(4,5)25-6)8-9-20(21)15-26(23)7;1-16-10-17(2)18(3)22(11-16)23-13-21-12-19(14-24(4,5)6)8-9-20(21)15-25(23)7;1-15-10-16(2)17(3)21(11-15)22-13-19-12-20(23(4,5)24-6)9-8-18(19)14-25(22)7;1-12-7-13(2)14(3)18(8-12)19-10-16-9-17(20)6-5-15(16)11-21(19)4/h9-12,14-16,20H,5-8,13H2,1-4H3;8-13,15H,14H2,1-5,7H3;8-13,15H,14H2,1-7H3;8-14H,1-5,7H3;5-11H,1-4H3/q5*+1. The Balaban J connectivity index is 0.000000141. The monoisotopic (exact) mass is 1630 g/mol. The first-order valence-electron chi connectivity index (χ1n) is 44.0. The van der Waals surface area contributed by atoms with Crippen LogP contribution in [0.2, 0.25) is 0 Å². The molecule has 0 atom stereocenters. The minimum absolute atomic E-state index is 0.195. The van der Waals surface area contributed by atoms with E-state index in [0.717, 1.165) is 40.8 Å². The Bertz CT molecular complexity index is 6680. The fourth-order valence-corrected chi connectivity index (χ4v) is 18.2. The van der Waals surface area contributed by atoms with Crippen LogP contribution in [-0.4, -0.2) is 5.54 Å². The van der Waals surface area contributed by atoms with Gasteiger partial charge in [0.05, 0.1) is 6.42 Å². The molecule has 1 aliphatic carbocycles. The van der Waals surface area contributed by atoms with Gasteiger partial charge in [-0.05, 0) is 306 Å². The Kier molecular flexibility index (Phi) is 27.2. The van der Waals surface area contributed by atoms with Gasteiger partial charge in [0.1, 0.15) is 41.1 Å². The SMILES string of the molecule is Cc1cc(C)c(C)c(-c2cc3cc(CC(C)(C)C)ccc3c[n+]2C)c1.Cc1cc(C)c(C)c(-c2cc3cc(CC4CCCC4)ccc3c[n+]2C)c1.Cc1cc(C)c(C)c(-c2cc3cc(F)ccc3c[n+]2C)c1.[C-]#[N+]C(C)(C)Cc1ccc2c[n+](C)c(-c3cc(C)cc(C)c3C)cc2c1.[C-]#[N+]C(C)(C)c1ccc2c[n+](C)c(-c3cc(C)cc(C)c3C)cc2c1. The molecule has 8 heteroatoms. The Hall–Kier alpha value is -11.8. The van der Waals surface area contributed by atoms with Crippen molar-refractivity contribution in [2.75, 3.05) is 0 Å². The molecule has 10 aromatic carbocycles. The van der Waals surface area contributed by atoms with E-state index in [1.807, 2.05) is 40.8 Å². The van der Waals surface area contributed by atoms with Crippen LogP contribution in [0.1, 0.15) is 180 Å². The predicted octanol–water partition coefficient (Wildman–Crippen LogP) is 27.1. The molecule has 0 spiro atoms. The third-order valence-corrected chi connectivity index (χ3v) is 25.7.